The largest absolute Gasteiger partial charge is 0.488 e. The van der Waals surface area contributed by atoms with Crippen molar-refractivity contribution < 1.29 is 18.7 Å². The molecule has 1 unspecified atom stereocenters. The summed E-state index contributed by atoms with van der Waals surface area (Å²) in [6.45, 7) is 8.42. The minimum absolute atomic E-state index is 0.0423. The average Bonchev–Trinajstić information content (AvgIpc) is 3.00. The summed E-state index contributed by atoms with van der Waals surface area (Å²) in [4.78, 5) is 25.3. The number of hydrogen-bond acceptors (Lipinski definition) is 7. The molecule has 4 aliphatic rings. The molecule has 8 nitrogen and oxygen atoms in total. The number of halogens is 3. The van der Waals surface area contributed by atoms with Crippen LogP contribution in [0.2, 0.25) is 10.0 Å². The highest BCUT2D eigenvalue weighted by atomic mass is 35.5. The molecule has 0 spiro atoms. The Labute approximate surface area is 248 Å². The van der Waals surface area contributed by atoms with Crippen molar-refractivity contribution >= 4 is 51.5 Å². The number of hydrogen-bond donors (Lipinski definition) is 1. The maximum atomic E-state index is 14.9. The number of likely N-dealkylation sites (tertiary alicyclic amines) is 1. The van der Waals surface area contributed by atoms with Gasteiger partial charge in [-0.3, -0.25) is 9.69 Å². The third-order valence-electron chi connectivity index (χ3n) is 8.30. The zero-order chi connectivity index (χ0) is 28.5. The van der Waals surface area contributed by atoms with Crippen LogP contribution in [0.3, 0.4) is 0 Å². The van der Waals surface area contributed by atoms with Gasteiger partial charge in [0, 0.05) is 42.9 Å². The number of ether oxygens (including phenoxy) is 2. The van der Waals surface area contributed by atoms with E-state index in [1.807, 2.05) is 17.0 Å². The first kappa shape index (κ1) is 28.0. The van der Waals surface area contributed by atoms with E-state index in [1.54, 1.807) is 0 Å². The van der Waals surface area contributed by atoms with Crippen molar-refractivity contribution in [2.24, 2.45) is 11.8 Å². The third-order valence-corrected chi connectivity index (χ3v) is 9.08. The van der Waals surface area contributed by atoms with Gasteiger partial charge in [0.25, 0.3) is 0 Å². The Morgan fingerprint density at radius 2 is 1.90 bits per heavy atom. The molecule has 41 heavy (non-hydrogen) atoms. The predicted octanol–water partition coefficient (Wildman–Crippen LogP) is 6.10. The second kappa shape index (κ2) is 12.0. The number of nitrogens with one attached hydrogen (secondary N) is 1. The normalized spacial score (nSPS) is 22.2. The Bertz CT molecular complexity index is 1460. The van der Waals surface area contributed by atoms with Crippen LogP contribution in [0.5, 0.6) is 11.5 Å². The van der Waals surface area contributed by atoms with Crippen molar-refractivity contribution in [2.45, 2.75) is 31.8 Å². The second-order valence-corrected chi connectivity index (χ2v) is 11.7. The van der Waals surface area contributed by atoms with Gasteiger partial charge in [0.05, 0.1) is 21.2 Å². The molecule has 2 bridgehead atoms. The van der Waals surface area contributed by atoms with Crippen LogP contribution in [0, 0.1) is 17.7 Å². The lowest BCUT2D eigenvalue weighted by atomic mass is 9.68. The Balaban J connectivity index is 1.28. The van der Waals surface area contributed by atoms with Gasteiger partial charge in [-0.2, -0.15) is 0 Å². The van der Waals surface area contributed by atoms with Crippen LogP contribution in [0.4, 0.5) is 15.9 Å². The number of benzene rings is 2. The maximum absolute atomic E-state index is 14.9. The third kappa shape index (κ3) is 5.80. The molecule has 3 aliphatic heterocycles. The van der Waals surface area contributed by atoms with Gasteiger partial charge in [-0.05, 0) is 56.6 Å². The van der Waals surface area contributed by atoms with Crippen LogP contribution < -0.4 is 14.8 Å². The van der Waals surface area contributed by atoms with Gasteiger partial charge in [0.2, 0.25) is 5.91 Å². The van der Waals surface area contributed by atoms with Crippen LogP contribution >= 0.6 is 23.2 Å². The van der Waals surface area contributed by atoms with Crippen LogP contribution in [0.15, 0.2) is 43.2 Å². The molecule has 1 saturated carbocycles. The Morgan fingerprint density at radius 1 is 1.12 bits per heavy atom. The van der Waals surface area contributed by atoms with E-state index >= 15 is 0 Å². The average molecular weight is 601 g/mol. The van der Waals surface area contributed by atoms with Crippen molar-refractivity contribution in [3.63, 3.8) is 0 Å². The van der Waals surface area contributed by atoms with Gasteiger partial charge in [-0.15, -0.1) is 0 Å². The van der Waals surface area contributed by atoms with Crippen molar-refractivity contribution in [1.29, 1.82) is 0 Å². The van der Waals surface area contributed by atoms with Crippen molar-refractivity contribution in [2.75, 3.05) is 44.6 Å². The summed E-state index contributed by atoms with van der Waals surface area (Å²) in [5.74, 6) is 1.31. The van der Waals surface area contributed by atoms with E-state index in [9.17, 15) is 9.18 Å². The lowest BCUT2D eigenvalue weighted by Gasteiger charge is -2.52. The highest BCUT2D eigenvalue weighted by Gasteiger charge is 2.49. The van der Waals surface area contributed by atoms with Crippen LogP contribution in [-0.4, -0.2) is 71.1 Å². The fourth-order valence-electron chi connectivity index (χ4n) is 6.08. The zero-order valence-electron chi connectivity index (χ0n) is 22.6. The molecular formula is C30H32Cl2FN5O3. The highest BCUT2D eigenvalue weighted by Crippen LogP contribution is 2.45. The summed E-state index contributed by atoms with van der Waals surface area (Å²) in [6.07, 6.45) is 7.46. The molecule has 7 rings (SSSR count). The van der Waals surface area contributed by atoms with Gasteiger partial charge in [-0.25, -0.2) is 14.4 Å². The fourth-order valence-corrected chi connectivity index (χ4v) is 6.39. The summed E-state index contributed by atoms with van der Waals surface area (Å²) in [5.41, 5.74) is 0.768. The monoisotopic (exact) mass is 599 g/mol. The highest BCUT2D eigenvalue weighted by molar-refractivity contribution is 6.42. The predicted molar refractivity (Wildman–Crippen MR) is 158 cm³/mol. The van der Waals surface area contributed by atoms with E-state index in [2.05, 4.69) is 26.8 Å². The first-order valence-electron chi connectivity index (χ1n) is 14.0. The van der Waals surface area contributed by atoms with Gasteiger partial charge in [-0.1, -0.05) is 36.2 Å². The molecule has 4 fully saturated rings. The number of aromatic nitrogens is 2. The standard InChI is InChI=1S/C30H32Cl2FN5O3/c1-2-26(39)38-15-18-12-19(16-38)29(18)41-25-13-20-23(14-24(25)40-11-10-37-8-4-3-5-9-37)34-17-35-30(20)36-22-7-6-21(31)27(32)28(22)33/h2,6-7,13-14,17-19,29H,1,3-5,8-12,15-16H2,(H,34,35,36)/t18-,19+,29?. The fraction of sp³-hybridized carbons (Fsp3) is 0.433. The number of rotatable bonds is 9. The van der Waals surface area contributed by atoms with E-state index in [-0.39, 0.29) is 39.6 Å². The number of anilines is 2. The molecule has 3 atom stereocenters. The van der Waals surface area contributed by atoms with E-state index < -0.39 is 5.82 Å². The van der Waals surface area contributed by atoms with Crippen LogP contribution in [-0.2, 0) is 4.79 Å². The zero-order valence-corrected chi connectivity index (χ0v) is 24.1. The van der Waals surface area contributed by atoms with Gasteiger partial charge < -0.3 is 19.7 Å². The summed E-state index contributed by atoms with van der Waals surface area (Å²) >= 11 is 12.0. The minimum atomic E-state index is -0.666. The molecule has 3 aromatic rings. The molecule has 4 heterocycles. The number of carbonyl (C=O) groups is 1. The molecule has 2 aromatic carbocycles. The number of carbonyl (C=O) groups excluding carboxylic acids is 1. The number of piperidine rings is 3. The Hall–Kier alpha value is -3.14. The quantitative estimate of drug-likeness (QED) is 0.235. The Morgan fingerprint density at radius 3 is 2.66 bits per heavy atom. The summed E-state index contributed by atoms with van der Waals surface area (Å²) in [7, 11) is 0. The SMILES string of the molecule is C=CC(=O)N1C[C@H]2C[C@@H](C1)C2Oc1cc2c(Nc3ccc(Cl)c(Cl)c3F)ncnc2cc1OCCN1CCCCC1. The number of fused-ring (bicyclic) bond motifs is 3. The van der Waals surface area contributed by atoms with Crippen LogP contribution in [0.25, 0.3) is 10.9 Å². The Kier molecular flexibility index (Phi) is 8.19. The first-order valence-corrected chi connectivity index (χ1v) is 14.8. The number of amides is 1. The molecular weight excluding hydrogens is 568 g/mol. The van der Waals surface area contributed by atoms with Gasteiger partial charge >= 0.3 is 0 Å². The van der Waals surface area contributed by atoms with E-state index in [0.29, 0.717) is 47.9 Å². The van der Waals surface area contributed by atoms with Crippen LogP contribution in [0.1, 0.15) is 25.7 Å². The molecule has 3 saturated heterocycles. The van der Waals surface area contributed by atoms with Crippen molar-refractivity contribution in [3.05, 3.63) is 59.1 Å². The molecule has 1 amide bonds. The maximum Gasteiger partial charge on any atom is 0.245 e. The summed E-state index contributed by atoms with van der Waals surface area (Å²) < 4.78 is 27.8. The summed E-state index contributed by atoms with van der Waals surface area (Å²) in [5, 5.41) is 3.64. The lowest BCUT2D eigenvalue weighted by molar-refractivity contribution is -0.142. The molecule has 1 aliphatic carbocycles. The molecule has 0 radical (unpaired) electrons. The lowest BCUT2D eigenvalue weighted by Crippen LogP contribution is -2.61. The van der Waals surface area contributed by atoms with Gasteiger partial charge in [0.1, 0.15) is 24.9 Å². The topological polar surface area (TPSA) is 79.8 Å². The summed E-state index contributed by atoms with van der Waals surface area (Å²) in [6, 6.07) is 6.74. The van der Waals surface area contributed by atoms with E-state index in [1.165, 1.54) is 43.8 Å². The smallest absolute Gasteiger partial charge is 0.245 e. The minimum Gasteiger partial charge on any atom is -0.488 e. The number of nitrogens with zero attached hydrogens (tertiary/aromatic N) is 4. The molecule has 1 N–H and O–H groups in total. The first-order chi connectivity index (χ1) is 19.9. The molecule has 1 aromatic heterocycles. The van der Waals surface area contributed by atoms with Crippen molar-refractivity contribution in [1.82, 2.24) is 19.8 Å². The molecule has 11 heteroatoms. The van der Waals surface area contributed by atoms with E-state index in [0.717, 1.165) is 26.1 Å². The molecule has 216 valence electrons. The van der Waals surface area contributed by atoms with Gasteiger partial charge in [0.15, 0.2) is 17.3 Å². The second-order valence-electron chi connectivity index (χ2n) is 10.9. The van der Waals surface area contributed by atoms with E-state index in [4.69, 9.17) is 32.7 Å². The van der Waals surface area contributed by atoms with Crippen molar-refractivity contribution in [3.8, 4) is 11.5 Å².